The predicted molar refractivity (Wildman–Crippen MR) is 110 cm³/mol. The van der Waals surface area contributed by atoms with Crippen LogP contribution in [-0.4, -0.2) is 37.3 Å². The van der Waals surface area contributed by atoms with Gasteiger partial charge in [0.05, 0.1) is 12.7 Å². The zero-order valence-electron chi connectivity index (χ0n) is 16.5. The van der Waals surface area contributed by atoms with E-state index in [0.29, 0.717) is 22.6 Å². The molecule has 0 radical (unpaired) electrons. The Hall–Kier alpha value is -3.68. The molecule has 0 atom stereocenters. The van der Waals surface area contributed by atoms with E-state index < -0.39 is 5.97 Å². The number of nitrogens with one attached hydrogen (secondary N) is 2. The minimum atomic E-state index is -0.466. The molecule has 0 fully saturated rings. The maximum atomic E-state index is 12.3. The van der Waals surface area contributed by atoms with Crippen LogP contribution in [0.3, 0.4) is 0 Å². The number of esters is 1. The van der Waals surface area contributed by atoms with Gasteiger partial charge in [-0.3, -0.25) is 14.4 Å². The quantitative estimate of drug-likeness (QED) is 0.699. The molecule has 2 N–H and O–H groups in total. The van der Waals surface area contributed by atoms with E-state index >= 15 is 0 Å². The third-order valence-corrected chi connectivity index (χ3v) is 4.01. The van der Waals surface area contributed by atoms with E-state index in [0.717, 1.165) is 0 Å². The van der Waals surface area contributed by atoms with Crippen LogP contribution in [0.5, 0.6) is 0 Å². The minimum absolute atomic E-state index is 0.0721. The van der Waals surface area contributed by atoms with Gasteiger partial charge in [0, 0.05) is 43.9 Å². The summed E-state index contributed by atoms with van der Waals surface area (Å²) in [5.41, 5.74) is 2.06. The molecule has 0 spiro atoms. The number of nitrogens with zero attached hydrogens (tertiary/aromatic N) is 1. The van der Waals surface area contributed by atoms with Crippen LogP contribution in [0.2, 0.25) is 0 Å². The first-order chi connectivity index (χ1) is 13.8. The second kappa shape index (κ2) is 10.0. The second-order valence-corrected chi connectivity index (χ2v) is 6.27. The summed E-state index contributed by atoms with van der Waals surface area (Å²) in [6, 6.07) is 13.2. The average Bonchev–Trinajstić information content (AvgIpc) is 2.67. The van der Waals surface area contributed by atoms with E-state index in [2.05, 4.69) is 15.4 Å². The maximum absolute atomic E-state index is 12.3. The summed E-state index contributed by atoms with van der Waals surface area (Å²) in [7, 11) is 1.29. The van der Waals surface area contributed by atoms with Crippen molar-refractivity contribution < 1.29 is 23.9 Å². The third kappa shape index (κ3) is 6.46. The van der Waals surface area contributed by atoms with Crippen LogP contribution in [0.15, 0.2) is 48.5 Å². The summed E-state index contributed by atoms with van der Waals surface area (Å²) in [5, 5.41) is 5.39. The average molecular weight is 397 g/mol. The Morgan fingerprint density at radius 2 is 1.55 bits per heavy atom. The highest BCUT2D eigenvalue weighted by Gasteiger charge is 2.15. The molecule has 0 heterocycles. The number of carbonyl (C=O) groups is 4. The smallest absolute Gasteiger partial charge is 0.337 e. The molecule has 3 amide bonds. The molecule has 8 nitrogen and oxygen atoms in total. The third-order valence-electron chi connectivity index (χ3n) is 4.01. The first kappa shape index (κ1) is 21.6. The van der Waals surface area contributed by atoms with Gasteiger partial charge in [-0.15, -0.1) is 0 Å². The number of hydrogen-bond donors (Lipinski definition) is 2. The standard InChI is InChI=1S/C21H23N3O5/c1-14(25)22-17-5-4-6-18(13-17)23-20(27)11-12-24(15(2)26)19-9-7-16(8-10-19)21(28)29-3/h4-10,13H,11-12H2,1-3H3,(H,22,25)(H,23,27). The Kier molecular flexibility index (Phi) is 7.47. The Balaban J connectivity index is 2.00. The van der Waals surface area contributed by atoms with Gasteiger partial charge in [0.15, 0.2) is 0 Å². The molecule has 0 aliphatic rings. The minimum Gasteiger partial charge on any atom is -0.465 e. The van der Waals surface area contributed by atoms with E-state index in [1.54, 1.807) is 48.5 Å². The van der Waals surface area contributed by atoms with E-state index in [-0.39, 0.29) is 30.7 Å². The normalized spacial score (nSPS) is 10.0. The Morgan fingerprint density at radius 3 is 2.10 bits per heavy atom. The molecule has 0 aliphatic heterocycles. The summed E-state index contributed by atoms with van der Waals surface area (Å²) < 4.78 is 4.65. The molecule has 0 saturated heterocycles. The molecule has 2 rings (SSSR count). The number of rotatable bonds is 7. The molecular formula is C21H23N3O5. The van der Waals surface area contributed by atoms with Crippen LogP contribution in [0, 0.1) is 0 Å². The number of anilines is 3. The molecule has 29 heavy (non-hydrogen) atoms. The first-order valence-electron chi connectivity index (χ1n) is 8.94. The van der Waals surface area contributed by atoms with Crippen LogP contribution in [0.4, 0.5) is 17.1 Å². The summed E-state index contributed by atoms with van der Waals surface area (Å²) in [5.74, 6) is -1.17. The Bertz CT molecular complexity index is 909. The summed E-state index contributed by atoms with van der Waals surface area (Å²) in [6.07, 6.45) is 0.0721. The molecular weight excluding hydrogens is 374 g/mol. The number of methoxy groups -OCH3 is 1. The van der Waals surface area contributed by atoms with Crippen molar-refractivity contribution in [1.82, 2.24) is 0 Å². The lowest BCUT2D eigenvalue weighted by molar-refractivity contribution is -0.117. The Morgan fingerprint density at radius 1 is 0.931 bits per heavy atom. The van der Waals surface area contributed by atoms with Crippen molar-refractivity contribution in [2.75, 3.05) is 29.2 Å². The van der Waals surface area contributed by atoms with Crippen molar-refractivity contribution in [3.05, 3.63) is 54.1 Å². The SMILES string of the molecule is COC(=O)c1ccc(N(CCC(=O)Nc2cccc(NC(C)=O)c2)C(C)=O)cc1. The number of carbonyl (C=O) groups excluding carboxylic acids is 4. The van der Waals surface area contributed by atoms with Crippen LogP contribution in [0.1, 0.15) is 30.6 Å². The first-order valence-corrected chi connectivity index (χ1v) is 8.94. The van der Waals surface area contributed by atoms with E-state index in [1.165, 1.54) is 25.9 Å². The van der Waals surface area contributed by atoms with E-state index in [1.807, 2.05) is 0 Å². The predicted octanol–water partition coefficient (Wildman–Crippen LogP) is 2.81. The van der Waals surface area contributed by atoms with Gasteiger partial charge in [-0.1, -0.05) is 6.07 Å². The van der Waals surface area contributed by atoms with Crippen molar-refractivity contribution in [3.63, 3.8) is 0 Å². The molecule has 0 bridgehead atoms. The highest BCUT2D eigenvalue weighted by molar-refractivity contribution is 5.96. The fraction of sp³-hybridized carbons (Fsp3) is 0.238. The van der Waals surface area contributed by atoms with Gasteiger partial charge < -0.3 is 20.3 Å². The largest absolute Gasteiger partial charge is 0.465 e. The zero-order valence-corrected chi connectivity index (χ0v) is 16.5. The fourth-order valence-corrected chi connectivity index (χ4v) is 2.68. The van der Waals surface area contributed by atoms with Crippen molar-refractivity contribution in [2.24, 2.45) is 0 Å². The van der Waals surface area contributed by atoms with Gasteiger partial charge in [-0.25, -0.2) is 4.79 Å². The number of ether oxygens (including phenoxy) is 1. The van der Waals surface area contributed by atoms with Crippen molar-refractivity contribution in [1.29, 1.82) is 0 Å². The molecule has 0 aromatic heterocycles. The molecule has 8 heteroatoms. The lowest BCUT2D eigenvalue weighted by Crippen LogP contribution is -2.32. The summed E-state index contributed by atoms with van der Waals surface area (Å²) in [6.45, 7) is 2.98. The van der Waals surface area contributed by atoms with E-state index in [4.69, 9.17) is 0 Å². The topological polar surface area (TPSA) is 105 Å². The number of benzene rings is 2. The van der Waals surface area contributed by atoms with Crippen LogP contribution >= 0.6 is 0 Å². The number of hydrogen-bond acceptors (Lipinski definition) is 5. The number of amides is 3. The van der Waals surface area contributed by atoms with Crippen LogP contribution in [0.25, 0.3) is 0 Å². The van der Waals surface area contributed by atoms with Gasteiger partial charge in [0.25, 0.3) is 0 Å². The van der Waals surface area contributed by atoms with Gasteiger partial charge in [0.2, 0.25) is 17.7 Å². The van der Waals surface area contributed by atoms with Gasteiger partial charge in [-0.2, -0.15) is 0 Å². The van der Waals surface area contributed by atoms with Gasteiger partial charge in [0.1, 0.15) is 0 Å². The summed E-state index contributed by atoms with van der Waals surface area (Å²) in [4.78, 5) is 48.4. The van der Waals surface area contributed by atoms with Gasteiger partial charge >= 0.3 is 5.97 Å². The van der Waals surface area contributed by atoms with Crippen LogP contribution < -0.4 is 15.5 Å². The second-order valence-electron chi connectivity index (χ2n) is 6.27. The molecule has 0 unspecified atom stereocenters. The summed E-state index contributed by atoms with van der Waals surface area (Å²) >= 11 is 0. The zero-order chi connectivity index (χ0) is 21.4. The lowest BCUT2D eigenvalue weighted by atomic mass is 10.2. The van der Waals surface area contributed by atoms with Crippen molar-refractivity contribution in [3.8, 4) is 0 Å². The van der Waals surface area contributed by atoms with Gasteiger partial charge in [-0.05, 0) is 42.5 Å². The molecule has 2 aromatic rings. The van der Waals surface area contributed by atoms with E-state index in [9.17, 15) is 19.2 Å². The molecule has 2 aromatic carbocycles. The highest BCUT2D eigenvalue weighted by Crippen LogP contribution is 2.18. The van der Waals surface area contributed by atoms with Crippen molar-refractivity contribution in [2.45, 2.75) is 20.3 Å². The highest BCUT2D eigenvalue weighted by atomic mass is 16.5. The fourth-order valence-electron chi connectivity index (χ4n) is 2.68. The molecule has 0 saturated carbocycles. The maximum Gasteiger partial charge on any atom is 0.337 e. The Labute approximate surface area is 168 Å². The van der Waals surface area contributed by atoms with Crippen LogP contribution in [-0.2, 0) is 19.1 Å². The lowest BCUT2D eigenvalue weighted by Gasteiger charge is -2.21. The molecule has 0 aliphatic carbocycles. The van der Waals surface area contributed by atoms with Crippen molar-refractivity contribution >= 4 is 40.8 Å². The monoisotopic (exact) mass is 397 g/mol. The molecule has 152 valence electrons.